The summed E-state index contributed by atoms with van der Waals surface area (Å²) >= 11 is 0. The molecule has 0 atom stereocenters. The van der Waals surface area contributed by atoms with Crippen molar-refractivity contribution in [2.45, 2.75) is 25.4 Å². The number of ether oxygens (including phenoxy) is 1. The summed E-state index contributed by atoms with van der Waals surface area (Å²) in [5.41, 5.74) is -0.139. The molecule has 1 aliphatic carbocycles. The van der Waals surface area contributed by atoms with Crippen molar-refractivity contribution in [1.82, 2.24) is 5.32 Å². The monoisotopic (exact) mass is 129 g/mol. The Bertz CT molecular complexity index is 129. The van der Waals surface area contributed by atoms with E-state index in [1.807, 2.05) is 6.92 Å². The topological polar surface area (TPSA) is 38.3 Å². The molecule has 0 aromatic carbocycles. The maximum Gasteiger partial charge on any atom is 0.407 e. The maximum absolute atomic E-state index is 10.5. The van der Waals surface area contributed by atoms with E-state index in [1.54, 1.807) is 7.05 Å². The number of alkyl carbamates (subject to hydrolysis) is 1. The summed E-state index contributed by atoms with van der Waals surface area (Å²) in [5.74, 6) is 0. The fourth-order valence-corrected chi connectivity index (χ4v) is 0.553. The molecular formula is C6H11NO2. The molecule has 3 nitrogen and oxygen atoms in total. The van der Waals surface area contributed by atoms with Crippen LogP contribution < -0.4 is 5.32 Å². The molecule has 1 N–H and O–H groups in total. The Morgan fingerprint density at radius 1 is 1.67 bits per heavy atom. The van der Waals surface area contributed by atoms with E-state index in [4.69, 9.17) is 4.74 Å². The normalized spacial score (nSPS) is 20.7. The Morgan fingerprint density at radius 3 is 2.56 bits per heavy atom. The number of carbonyl (C=O) groups excluding carboxylic acids is 1. The smallest absolute Gasteiger partial charge is 0.407 e. The molecule has 1 fully saturated rings. The van der Waals surface area contributed by atoms with E-state index in [0.29, 0.717) is 0 Å². The van der Waals surface area contributed by atoms with Gasteiger partial charge in [0.25, 0.3) is 0 Å². The molecule has 0 aromatic rings. The van der Waals surface area contributed by atoms with Crippen LogP contribution in [-0.4, -0.2) is 18.7 Å². The van der Waals surface area contributed by atoms with Crippen molar-refractivity contribution in [1.29, 1.82) is 0 Å². The van der Waals surface area contributed by atoms with Crippen LogP contribution in [0, 0.1) is 0 Å². The third-order valence-electron chi connectivity index (χ3n) is 1.50. The second kappa shape index (κ2) is 1.90. The minimum absolute atomic E-state index is 0.139. The Balaban J connectivity index is 2.25. The van der Waals surface area contributed by atoms with Crippen molar-refractivity contribution in [3.05, 3.63) is 0 Å². The lowest BCUT2D eigenvalue weighted by Gasteiger charge is -2.08. The van der Waals surface area contributed by atoms with Crippen LogP contribution in [0.3, 0.4) is 0 Å². The van der Waals surface area contributed by atoms with Crippen molar-refractivity contribution >= 4 is 6.09 Å². The van der Waals surface area contributed by atoms with Gasteiger partial charge in [0, 0.05) is 7.05 Å². The van der Waals surface area contributed by atoms with Crippen LogP contribution in [-0.2, 0) is 4.74 Å². The van der Waals surface area contributed by atoms with Gasteiger partial charge in [0.05, 0.1) is 0 Å². The SMILES string of the molecule is CNC(=O)OC1(C)CC1. The number of amides is 1. The quantitative estimate of drug-likeness (QED) is 0.571. The molecule has 0 radical (unpaired) electrons. The van der Waals surface area contributed by atoms with E-state index in [2.05, 4.69) is 5.32 Å². The van der Waals surface area contributed by atoms with Gasteiger partial charge in [-0.25, -0.2) is 4.79 Å². The van der Waals surface area contributed by atoms with Gasteiger partial charge in [-0.2, -0.15) is 0 Å². The molecule has 0 heterocycles. The second-order valence-electron chi connectivity index (χ2n) is 2.59. The van der Waals surface area contributed by atoms with Crippen molar-refractivity contribution in [3.63, 3.8) is 0 Å². The van der Waals surface area contributed by atoms with E-state index in [-0.39, 0.29) is 11.7 Å². The summed E-state index contributed by atoms with van der Waals surface area (Å²) in [6.07, 6.45) is 1.68. The first-order chi connectivity index (χ1) is 4.16. The predicted octanol–water partition coefficient (Wildman–Crippen LogP) is 0.895. The number of hydrogen-bond acceptors (Lipinski definition) is 2. The van der Waals surface area contributed by atoms with Crippen LogP contribution in [0.5, 0.6) is 0 Å². The Morgan fingerprint density at radius 2 is 2.22 bits per heavy atom. The van der Waals surface area contributed by atoms with Gasteiger partial charge >= 0.3 is 6.09 Å². The summed E-state index contributed by atoms with van der Waals surface area (Å²) in [6.45, 7) is 1.93. The fourth-order valence-electron chi connectivity index (χ4n) is 0.553. The Hall–Kier alpha value is -0.730. The molecule has 0 bridgehead atoms. The highest BCUT2D eigenvalue weighted by molar-refractivity contribution is 5.67. The molecule has 0 aliphatic heterocycles. The molecular weight excluding hydrogens is 118 g/mol. The molecule has 1 saturated carbocycles. The van der Waals surface area contributed by atoms with E-state index < -0.39 is 0 Å². The van der Waals surface area contributed by atoms with E-state index in [1.165, 1.54) is 0 Å². The van der Waals surface area contributed by atoms with Crippen LogP contribution in [0.15, 0.2) is 0 Å². The summed E-state index contributed by atoms with van der Waals surface area (Å²) < 4.78 is 4.95. The molecule has 0 saturated heterocycles. The van der Waals surface area contributed by atoms with Crippen LogP contribution in [0.25, 0.3) is 0 Å². The second-order valence-corrected chi connectivity index (χ2v) is 2.59. The van der Waals surface area contributed by atoms with Gasteiger partial charge in [-0.15, -0.1) is 0 Å². The highest BCUT2D eigenvalue weighted by Gasteiger charge is 2.41. The first-order valence-corrected chi connectivity index (χ1v) is 3.07. The fraction of sp³-hybridized carbons (Fsp3) is 0.833. The zero-order valence-electron chi connectivity index (χ0n) is 5.73. The lowest BCUT2D eigenvalue weighted by Crippen LogP contribution is -2.24. The lowest BCUT2D eigenvalue weighted by molar-refractivity contribution is 0.0953. The summed E-state index contributed by atoms with van der Waals surface area (Å²) in [6, 6.07) is 0. The molecule has 0 unspecified atom stereocenters. The van der Waals surface area contributed by atoms with E-state index in [0.717, 1.165) is 12.8 Å². The maximum atomic E-state index is 10.5. The zero-order chi connectivity index (χ0) is 6.91. The highest BCUT2D eigenvalue weighted by atomic mass is 16.6. The average molecular weight is 129 g/mol. The third-order valence-corrected chi connectivity index (χ3v) is 1.50. The van der Waals surface area contributed by atoms with Crippen molar-refractivity contribution in [2.75, 3.05) is 7.05 Å². The van der Waals surface area contributed by atoms with Gasteiger partial charge in [-0.05, 0) is 19.8 Å². The third kappa shape index (κ3) is 1.59. The lowest BCUT2D eigenvalue weighted by atomic mass is 10.4. The van der Waals surface area contributed by atoms with E-state index >= 15 is 0 Å². The average Bonchev–Trinajstić information content (AvgIpc) is 2.48. The molecule has 0 spiro atoms. The number of rotatable bonds is 1. The van der Waals surface area contributed by atoms with Crippen LogP contribution in [0.1, 0.15) is 19.8 Å². The van der Waals surface area contributed by atoms with Crippen molar-refractivity contribution in [2.24, 2.45) is 0 Å². The number of nitrogens with one attached hydrogen (secondary N) is 1. The summed E-state index contributed by atoms with van der Waals surface area (Å²) in [4.78, 5) is 10.5. The Kier molecular flexibility index (Phi) is 1.35. The van der Waals surface area contributed by atoms with Crippen molar-refractivity contribution < 1.29 is 9.53 Å². The largest absolute Gasteiger partial charge is 0.443 e. The number of hydrogen-bond donors (Lipinski definition) is 1. The Labute approximate surface area is 54.4 Å². The van der Waals surface area contributed by atoms with Gasteiger partial charge in [0.1, 0.15) is 5.60 Å². The first-order valence-electron chi connectivity index (χ1n) is 3.07. The van der Waals surface area contributed by atoms with Crippen molar-refractivity contribution in [3.8, 4) is 0 Å². The summed E-state index contributed by atoms with van der Waals surface area (Å²) in [5, 5.41) is 2.40. The van der Waals surface area contributed by atoms with Gasteiger partial charge in [0.15, 0.2) is 0 Å². The van der Waals surface area contributed by atoms with Crippen LogP contribution in [0.2, 0.25) is 0 Å². The molecule has 0 aromatic heterocycles. The first kappa shape index (κ1) is 6.39. The number of carbonyl (C=O) groups is 1. The van der Waals surface area contributed by atoms with E-state index in [9.17, 15) is 4.79 Å². The predicted molar refractivity (Wildman–Crippen MR) is 33.2 cm³/mol. The van der Waals surface area contributed by atoms with Crippen LogP contribution in [0.4, 0.5) is 4.79 Å². The standard InChI is InChI=1S/C6H11NO2/c1-6(3-4-6)9-5(8)7-2/h3-4H2,1-2H3,(H,7,8). The van der Waals surface area contributed by atoms with Gasteiger partial charge in [-0.1, -0.05) is 0 Å². The van der Waals surface area contributed by atoms with Crippen LogP contribution >= 0.6 is 0 Å². The molecule has 1 rings (SSSR count). The molecule has 1 amide bonds. The van der Waals surface area contributed by atoms with Gasteiger partial charge < -0.3 is 10.1 Å². The highest BCUT2D eigenvalue weighted by Crippen LogP contribution is 2.38. The minimum atomic E-state index is -0.324. The zero-order valence-corrected chi connectivity index (χ0v) is 5.73. The van der Waals surface area contributed by atoms with Gasteiger partial charge in [-0.3, -0.25) is 0 Å². The molecule has 1 aliphatic rings. The molecule has 52 valence electrons. The molecule has 3 heteroatoms. The molecule has 9 heavy (non-hydrogen) atoms. The minimum Gasteiger partial charge on any atom is -0.443 e. The summed E-state index contributed by atoms with van der Waals surface area (Å²) in [7, 11) is 1.56. The van der Waals surface area contributed by atoms with Gasteiger partial charge in [0.2, 0.25) is 0 Å².